The van der Waals surface area contributed by atoms with E-state index in [1.165, 1.54) is 18.5 Å². The van der Waals surface area contributed by atoms with Gasteiger partial charge in [-0.25, -0.2) is 0 Å². The highest BCUT2D eigenvalue weighted by atomic mass is 16.2. The van der Waals surface area contributed by atoms with Gasteiger partial charge >= 0.3 is 0 Å². The molecule has 1 spiro atoms. The molecule has 1 amide bonds. The molecule has 2 aliphatic heterocycles. The molecule has 2 heterocycles. The van der Waals surface area contributed by atoms with E-state index >= 15 is 0 Å². The van der Waals surface area contributed by atoms with Crippen LogP contribution in [-0.4, -0.2) is 35.3 Å². The Hall–Kier alpha value is -3.91. The highest BCUT2D eigenvalue weighted by Crippen LogP contribution is 2.40. The number of carbonyl (C=O) groups excluding carboxylic acids is 1. The second-order valence-electron chi connectivity index (χ2n) is 11.2. The molecule has 0 unspecified atom stereocenters. The number of nitrogens with zero attached hydrogens (tertiary/aromatic N) is 4. The maximum atomic E-state index is 13.7. The molecule has 5 nitrogen and oxygen atoms in total. The van der Waals surface area contributed by atoms with Crippen LogP contribution in [0, 0.1) is 17.2 Å². The molecule has 5 heteroatoms. The number of anilines is 1. The normalized spacial score (nSPS) is 20.6. The molecular formula is C33H34N4O. The van der Waals surface area contributed by atoms with Gasteiger partial charge in [-0.1, -0.05) is 74.4 Å². The van der Waals surface area contributed by atoms with Gasteiger partial charge < -0.3 is 4.90 Å². The summed E-state index contributed by atoms with van der Waals surface area (Å²) >= 11 is 0. The van der Waals surface area contributed by atoms with Crippen molar-refractivity contribution in [1.82, 2.24) is 4.90 Å². The van der Waals surface area contributed by atoms with E-state index in [2.05, 4.69) is 54.3 Å². The number of amides is 1. The molecule has 3 aliphatic rings. The van der Waals surface area contributed by atoms with Gasteiger partial charge in [-0.2, -0.15) is 5.26 Å². The van der Waals surface area contributed by atoms with Crippen molar-refractivity contribution in [1.29, 1.82) is 5.26 Å². The van der Waals surface area contributed by atoms with Crippen LogP contribution in [0.15, 0.2) is 77.8 Å². The molecule has 1 aliphatic carbocycles. The molecule has 6 rings (SSSR count). The SMILES string of the molecule is C[C@@H]1CCCN(c2ccc(C#N)c(-c3ccc(CN4C(=O)C5(CCCC5)N=C4c4ccccc4)cc3)c2)C1. The van der Waals surface area contributed by atoms with E-state index in [9.17, 15) is 10.1 Å². The van der Waals surface area contributed by atoms with Gasteiger partial charge in [-0.05, 0) is 60.9 Å². The molecule has 192 valence electrons. The van der Waals surface area contributed by atoms with Gasteiger partial charge in [0, 0.05) is 29.9 Å². The monoisotopic (exact) mass is 502 g/mol. The molecule has 3 aromatic carbocycles. The molecule has 3 aromatic rings. The second-order valence-corrected chi connectivity index (χ2v) is 11.2. The lowest BCUT2D eigenvalue weighted by Crippen LogP contribution is -2.40. The fourth-order valence-corrected chi connectivity index (χ4v) is 6.36. The number of aliphatic imine (C=N–C) groups is 1. The Labute approximate surface area is 225 Å². The van der Waals surface area contributed by atoms with Crippen molar-refractivity contribution in [3.63, 3.8) is 0 Å². The average molecular weight is 503 g/mol. The first-order valence-electron chi connectivity index (χ1n) is 13.9. The van der Waals surface area contributed by atoms with Crippen LogP contribution in [0.3, 0.4) is 0 Å². The minimum absolute atomic E-state index is 0.133. The molecular weight excluding hydrogens is 468 g/mol. The van der Waals surface area contributed by atoms with Gasteiger partial charge in [0.1, 0.15) is 11.4 Å². The number of piperidine rings is 1. The van der Waals surface area contributed by atoms with E-state index in [1.54, 1.807) is 0 Å². The summed E-state index contributed by atoms with van der Waals surface area (Å²) in [7, 11) is 0. The summed E-state index contributed by atoms with van der Waals surface area (Å²) < 4.78 is 0. The van der Waals surface area contributed by atoms with E-state index in [0.717, 1.165) is 66.9 Å². The Morgan fingerprint density at radius 3 is 2.45 bits per heavy atom. The number of hydrogen-bond acceptors (Lipinski definition) is 4. The van der Waals surface area contributed by atoms with Crippen LogP contribution in [0.25, 0.3) is 11.1 Å². The highest BCUT2D eigenvalue weighted by Gasteiger charge is 2.49. The quantitative estimate of drug-likeness (QED) is 0.397. The average Bonchev–Trinajstić information content (AvgIpc) is 3.54. The minimum Gasteiger partial charge on any atom is -0.371 e. The van der Waals surface area contributed by atoms with Crippen molar-refractivity contribution in [2.75, 3.05) is 18.0 Å². The Morgan fingerprint density at radius 1 is 0.974 bits per heavy atom. The van der Waals surface area contributed by atoms with Crippen LogP contribution in [0.2, 0.25) is 0 Å². The highest BCUT2D eigenvalue weighted by molar-refractivity contribution is 6.15. The first kappa shape index (κ1) is 24.4. The van der Waals surface area contributed by atoms with Crippen LogP contribution in [0.1, 0.15) is 62.1 Å². The van der Waals surface area contributed by atoms with E-state index in [4.69, 9.17) is 4.99 Å². The van der Waals surface area contributed by atoms with Gasteiger partial charge in [0.05, 0.1) is 18.2 Å². The standard InChI is InChI=1S/C33H34N4O/c1-24-8-7-19-36(22-24)29-16-15-28(21-34)30(20-29)26-13-11-25(12-14-26)23-37-31(27-9-3-2-4-10-27)35-33(32(37)38)17-5-6-18-33/h2-4,9-16,20,24H,5-8,17-19,22-23H2,1H3/t24-/m1/s1. The van der Waals surface area contributed by atoms with Crippen molar-refractivity contribution in [2.45, 2.75) is 57.5 Å². The van der Waals surface area contributed by atoms with Crippen LogP contribution in [0.4, 0.5) is 5.69 Å². The van der Waals surface area contributed by atoms with Crippen molar-refractivity contribution >= 4 is 17.4 Å². The largest absolute Gasteiger partial charge is 0.371 e. The van der Waals surface area contributed by atoms with Gasteiger partial charge in [-0.15, -0.1) is 0 Å². The lowest BCUT2D eigenvalue weighted by atomic mass is 9.96. The summed E-state index contributed by atoms with van der Waals surface area (Å²) in [6.07, 6.45) is 6.25. The summed E-state index contributed by atoms with van der Waals surface area (Å²) in [5.41, 5.74) is 5.31. The molecule has 1 saturated carbocycles. The van der Waals surface area contributed by atoms with Crippen LogP contribution in [0.5, 0.6) is 0 Å². The van der Waals surface area contributed by atoms with Crippen molar-refractivity contribution in [3.8, 4) is 17.2 Å². The number of amidine groups is 1. The smallest absolute Gasteiger partial charge is 0.256 e. The zero-order valence-corrected chi connectivity index (χ0v) is 22.1. The maximum Gasteiger partial charge on any atom is 0.256 e. The summed E-state index contributed by atoms with van der Waals surface area (Å²) in [5, 5.41) is 9.81. The minimum atomic E-state index is -0.584. The number of benzene rings is 3. The number of nitriles is 1. The first-order chi connectivity index (χ1) is 18.6. The van der Waals surface area contributed by atoms with Crippen LogP contribution >= 0.6 is 0 Å². The Bertz CT molecular complexity index is 1400. The number of hydrogen-bond donors (Lipinski definition) is 0. The zero-order chi connectivity index (χ0) is 26.1. The summed E-state index contributed by atoms with van der Waals surface area (Å²) in [4.78, 5) is 23.0. The zero-order valence-electron chi connectivity index (χ0n) is 22.1. The van der Waals surface area contributed by atoms with Crippen molar-refractivity contribution in [3.05, 3.63) is 89.5 Å². The molecule has 2 fully saturated rings. The van der Waals surface area contributed by atoms with E-state index in [0.29, 0.717) is 18.0 Å². The predicted molar refractivity (Wildman–Crippen MR) is 152 cm³/mol. The number of rotatable bonds is 5. The van der Waals surface area contributed by atoms with Gasteiger partial charge in [0.2, 0.25) is 0 Å². The summed E-state index contributed by atoms with van der Waals surface area (Å²) in [6, 6.07) is 27.0. The number of carbonyl (C=O) groups is 1. The van der Waals surface area contributed by atoms with Gasteiger partial charge in [-0.3, -0.25) is 14.7 Å². The maximum absolute atomic E-state index is 13.7. The third kappa shape index (κ3) is 4.49. The molecule has 0 radical (unpaired) electrons. The summed E-state index contributed by atoms with van der Waals surface area (Å²) in [5.74, 6) is 1.60. The Kier molecular flexibility index (Phi) is 6.49. The molecule has 0 N–H and O–H groups in total. The molecule has 1 atom stereocenters. The van der Waals surface area contributed by atoms with Crippen LogP contribution < -0.4 is 4.90 Å². The predicted octanol–water partition coefficient (Wildman–Crippen LogP) is 6.56. The van der Waals surface area contributed by atoms with Crippen molar-refractivity contribution in [2.24, 2.45) is 10.9 Å². The lowest BCUT2D eigenvalue weighted by Gasteiger charge is -2.33. The fourth-order valence-electron chi connectivity index (χ4n) is 6.36. The Balaban J connectivity index is 1.27. The van der Waals surface area contributed by atoms with E-state index in [-0.39, 0.29) is 5.91 Å². The van der Waals surface area contributed by atoms with E-state index in [1.807, 2.05) is 41.3 Å². The first-order valence-corrected chi connectivity index (χ1v) is 13.9. The third-order valence-corrected chi connectivity index (χ3v) is 8.43. The molecule has 0 bridgehead atoms. The summed E-state index contributed by atoms with van der Waals surface area (Å²) in [6.45, 7) is 4.92. The van der Waals surface area contributed by atoms with Gasteiger partial charge in [0.25, 0.3) is 5.91 Å². The van der Waals surface area contributed by atoms with Gasteiger partial charge in [0.15, 0.2) is 0 Å². The fraction of sp³-hybridized carbons (Fsp3) is 0.364. The topological polar surface area (TPSA) is 59.7 Å². The third-order valence-electron chi connectivity index (χ3n) is 8.43. The second kappa shape index (κ2) is 10.1. The van der Waals surface area contributed by atoms with E-state index < -0.39 is 5.54 Å². The Morgan fingerprint density at radius 2 is 1.74 bits per heavy atom. The molecule has 0 aromatic heterocycles. The molecule has 1 saturated heterocycles. The molecule has 38 heavy (non-hydrogen) atoms. The van der Waals surface area contributed by atoms with Crippen LogP contribution in [-0.2, 0) is 11.3 Å². The van der Waals surface area contributed by atoms with Crippen molar-refractivity contribution < 1.29 is 4.79 Å². The lowest BCUT2D eigenvalue weighted by molar-refractivity contribution is -0.131.